The molecule has 14 heavy (non-hydrogen) atoms. The summed E-state index contributed by atoms with van der Waals surface area (Å²) in [6.07, 6.45) is 2.76. The van der Waals surface area contributed by atoms with Crippen LogP contribution < -0.4 is 5.32 Å². The van der Waals surface area contributed by atoms with E-state index >= 15 is 0 Å². The van der Waals surface area contributed by atoms with Gasteiger partial charge in [-0.15, -0.1) is 0 Å². The minimum atomic E-state index is 0.857. The van der Waals surface area contributed by atoms with Crippen molar-refractivity contribution in [1.82, 2.24) is 19.9 Å². The van der Waals surface area contributed by atoms with E-state index in [1.807, 2.05) is 25.4 Å². The number of nitrogens with one attached hydrogen (secondary N) is 1. The third-order valence-electron chi connectivity index (χ3n) is 1.94. The SMILES string of the molecule is CNCCc1nc2ccc(Br)cn2n1. The van der Waals surface area contributed by atoms with Crippen molar-refractivity contribution in [1.29, 1.82) is 0 Å². The first-order valence-corrected chi connectivity index (χ1v) is 5.24. The summed E-state index contributed by atoms with van der Waals surface area (Å²) < 4.78 is 2.80. The Morgan fingerprint density at radius 2 is 2.36 bits per heavy atom. The summed E-state index contributed by atoms with van der Waals surface area (Å²) in [6, 6.07) is 3.91. The van der Waals surface area contributed by atoms with E-state index in [-0.39, 0.29) is 0 Å². The van der Waals surface area contributed by atoms with E-state index in [0.717, 1.165) is 28.9 Å². The zero-order valence-electron chi connectivity index (χ0n) is 7.87. The summed E-state index contributed by atoms with van der Waals surface area (Å²) in [4.78, 5) is 4.38. The largest absolute Gasteiger partial charge is 0.319 e. The number of nitrogens with zero attached hydrogens (tertiary/aromatic N) is 3. The maximum absolute atomic E-state index is 4.38. The molecule has 1 N–H and O–H groups in total. The highest BCUT2D eigenvalue weighted by atomic mass is 79.9. The van der Waals surface area contributed by atoms with Gasteiger partial charge in [0, 0.05) is 23.6 Å². The molecule has 0 aliphatic carbocycles. The lowest BCUT2D eigenvalue weighted by Gasteiger charge is -1.91. The van der Waals surface area contributed by atoms with Gasteiger partial charge in [0.2, 0.25) is 0 Å². The molecule has 0 fully saturated rings. The van der Waals surface area contributed by atoms with Crippen molar-refractivity contribution >= 4 is 21.6 Å². The molecule has 2 heterocycles. The Hall–Kier alpha value is -0.940. The second-order valence-electron chi connectivity index (χ2n) is 3.03. The van der Waals surface area contributed by atoms with Gasteiger partial charge in [-0.05, 0) is 35.1 Å². The Balaban J connectivity index is 2.32. The first kappa shape index (κ1) is 9.61. The zero-order chi connectivity index (χ0) is 9.97. The number of pyridine rings is 1. The molecule has 0 spiro atoms. The Labute approximate surface area is 90.5 Å². The molecule has 0 aliphatic heterocycles. The standard InChI is InChI=1S/C9H11BrN4/c1-11-5-4-8-12-9-3-2-7(10)6-14(9)13-8/h2-3,6,11H,4-5H2,1H3. The Morgan fingerprint density at radius 1 is 1.50 bits per heavy atom. The van der Waals surface area contributed by atoms with Gasteiger partial charge in [-0.1, -0.05) is 0 Å². The maximum atomic E-state index is 4.38. The summed E-state index contributed by atoms with van der Waals surface area (Å²) >= 11 is 3.39. The van der Waals surface area contributed by atoms with E-state index in [1.54, 1.807) is 4.52 Å². The minimum absolute atomic E-state index is 0.857. The Kier molecular flexibility index (Phi) is 2.79. The number of aromatic nitrogens is 3. The second kappa shape index (κ2) is 4.06. The third kappa shape index (κ3) is 1.93. The van der Waals surface area contributed by atoms with Crippen LogP contribution in [0.3, 0.4) is 0 Å². The van der Waals surface area contributed by atoms with Crippen molar-refractivity contribution in [3.8, 4) is 0 Å². The van der Waals surface area contributed by atoms with Gasteiger partial charge in [-0.3, -0.25) is 0 Å². The van der Waals surface area contributed by atoms with E-state index in [9.17, 15) is 0 Å². The van der Waals surface area contributed by atoms with Crippen LogP contribution in [0.4, 0.5) is 0 Å². The van der Waals surface area contributed by atoms with Crippen LogP contribution in [0.2, 0.25) is 0 Å². The number of fused-ring (bicyclic) bond motifs is 1. The van der Waals surface area contributed by atoms with Gasteiger partial charge in [0.25, 0.3) is 0 Å². The molecule has 2 aromatic heterocycles. The normalized spacial score (nSPS) is 11.0. The smallest absolute Gasteiger partial charge is 0.155 e. The monoisotopic (exact) mass is 254 g/mol. The number of halogens is 1. The van der Waals surface area contributed by atoms with E-state index < -0.39 is 0 Å². The number of rotatable bonds is 3. The lowest BCUT2D eigenvalue weighted by atomic mass is 10.4. The van der Waals surface area contributed by atoms with Crippen LogP contribution in [0.15, 0.2) is 22.8 Å². The Morgan fingerprint density at radius 3 is 3.14 bits per heavy atom. The van der Waals surface area contributed by atoms with Crippen LogP contribution in [0.25, 0.3) is 5.65 Å². The average molecular weight is 255 g/mol. The number of hydrogen-bond donors (Lipinski definition) is 1. The molecule has 0 aromatic carbocycles. The highest BCUT2D eigenvalue weighted by molar-refractivity contribution is 9.10. The summed E-state index contributed by atoms with van der Waals surface area (Å²) in [6.45, 7) is 0.901. The topological polar surface area (TPSA) is 42.2 Å². The molecule has 2 rings (SSSR count). The molecule has 0 amide bonds. The fraction of sp³-hybridized carbons (Fsp3) is 0.333. The van der Waals surface area contributed by atoms with Gasteiger partial charge < -0.3 is 5.32 Å². The fourth-order valence-corrected chi connectivity index (χ4v) is 1.57. The molecule has 0 saturated carbocycles. The van der Waals surface area contributed by atoms with Crippen molar-refractivity contribution in [2.75, 3.05) is 13.6 Å². The first-order valence-electron chi connectivity index (χ1n) is 4.45. The molecule has 0 atom stereocenters. The van der Waals surface area contributed by atoms with Crippen molar-refractivity contribution in [3.63, 3.8) is 0 Å². The molecule has 5 heteroatoms. The highest BCUT2D eigenvalue weighted by Crippen LogP contribution is 2.10. The molecule has 0 radical (unpaired) electrons. The van der Waals surface area contributed by atoms with Gasteiger partial charge in [-0.25, -0.2) is 9.50 Å². The second-order valence-corrected chi connectivity index (χ2v) is 3.95. The molecular formula is C9H11BrN4. The van der Waals surface area contributed by atoms with E-state index in [2.05, 4.69) is 31.3 Å². The van der Waals surface area contributed by atoms with Crippen LogP contribution in [-0.4, -0.2) is 28.2 Å². The van der Waals surface area contributed by atoms with E-state index in [4.69, 9.17) is 0 Å². The quantitative estimate of drug-likeness (QED) is 0.897. The van der Waals surface area contributed by atoms with Gasteiger partial charge in [0.15, 0.2) is 11.5 Å². The highest BCUT2D eigenvalue weighted by Gasteiger charge is 2.02. The van der Waals surface area contributed by atoms with Gasteiger partial charge >= 0.3 is 0 Å². The molecule has 0 bridgehead atoms. The summed E-state index contributed by atoms with van der Waals surface area (Å²) in [7, 11) is 1.92. The van der Waals surface area contributed by atoms with Crippen LogP contribution in [0, 0.1) is 0 Å². The van der Waals surface area contributed by atoms with Crippen LogP contribution in [-0.2, 0) is 6.42 Å². The van der Waals surface area contributed by atoms with Crippen LogP contribution in [0.5, 0.6) is 0 Å². The Bertz CT molecular complexity index is 437. The molecule has 0 aliphatic rings. The summed E-state index contributed by atoms with van der Waals surface area (Å²) in [5.41, 5.74) is 0.888. The van der Waals surface area contributed by atoms with Crippen LogP contribution >= 0.6 is 15.9 Å². The molecule has 0 saturated heterocycles. The van der Waals surface area contributed by atoms with Crippen LogP contribution in [0.1, 0.15) is 5.82 Å². The van der Waals surface area contributed by atoms with Crippen molar-refractivity contribution in [2.45, 2.75) is 6.42 Å². The zero-order valence-corrected chi connectivity index (χ0v) is 9.45. The maximum Gasteiger partial charge on any atom is 0.155 e. The molecule has 74 valence electrons. The van der Waals surface area contributed by atoms with E-state index in [1.165, 1.54) is 0 Å². The first-order chi connectivity index (χ1) is 6.79. The number of likely N-dealkylation sites (N-methyl/N-ethyl adjacent to an activating group) is 1. The third-order valence-corrected chi connectivity index (χ3v) is 2.41. The predicted molar refractivity (Wildman–Crippen MR) is 58.3 cm³/mol. The predicted octanol–water partition coefficient (Wildman–Crippen LogP) is 1.25. The van der Waals surface area contributed by atoms with Gasteiger partial charge in [0.1, 0.15) is 0 Å². The minimum Gasteiger partial charge on any atom is -0.319 e. The van der Waals surface area contributed by atoms with Gasteiger partial charge in [-0.2, -0.15) is 5.10 Å². The van der Waals surface area contributed by atoms with Crippen molar-refractivity contribution < 1.29 is 0 Å². The summed E-state index contributed by atoms with van der Waals surface area (Å²) in [5, 5.41) is 7.42. The lowest BCUT2D eigenvalue weighted by molar-refractivity contribution is 0.751. The molecular weight excluding hydrogens is 244 g/mol. The summed E-state index contributed by atoms with van der Waals surface area (Å²) in [5.74, 6) is 0.873. The average Bonchev–Trinajstić information content (AvgIpc) is 2.56. The lowest BCUT2D eigenvalue weighted by Crippen LogP contribution is -2.11. The molecule has 2 aromatic rings. The van der Waals surface area contributed by atoms with Crippen molar-refractivity contribution in [3.05, 3.63) is 28.6 Å². The fourth-order valence-electron chi connectivity index (χ4n) is 1.25. The molecule has 0 unspecified atom stereocenters. The van der Waals surface area contributed by atoms with Crippen molar-refractivity contribution in [2.24, 2.45) is 0 Å². The molecule has 4 nitrogen and oxygen atoms in total. The number of hydrogen-bond acceptors (Lipinski definition) is 3. The van der Waals surface area contributed by atoms with E-state index in [0.29, 0.717) is 0 Å². The van der Waals surface area contributed by atoms with Gasteiger partial charge in [0.05, 0.1) is 0 Å².